The molecule has 4 unspecified atom stereocenters. The van der Waals surface area contributed by atoms with Crippen LogP contribution in [0.3, 0.4) is 0 Å². The molecule has 140 valence electrons. The zero-order valence-electron chi connectivity index (χ0n) is 15.1. The van der Waals surface area contributed by atoms with Crippen LogP contribution in [0.2, 0.25) is 0 Å². The van der Waals surface area contributed by atoms with E-state index in [-0.39, 0.29) is 18.2 Å². The molecule has 2 saturated heterocycles. The van der Waals surface area contributed by atoms with Crippen molar-refractivity contribution in [3.63, 3.8) is 0 Å². The molecule has 2 aliphatic rings. The fourth-order valence-corrected chi connectivity index (χ4v) is 4.06. The number of hydrogen-bond donors (Lipinski definition) is 0. The van der Waals surface area contributed by atoms with E-state index < -0.39 is 12.1 Å². The zero-order valence-corrected chi connectivity index (χ0v) is 15.1. The highest BCUT2D eigenvalue weighted by molar-refractivity contribution is 5.78. The Morgan fingerprint density at radius 2 is 1.46 bits per heavy atom. The third-order valence-electron chi connectivity index (χ3n) is 5.35. The smallest absolute Gasteiger partial charge is 0.326 e. The maximum Gasteiger partial charge on any atom is 0.326 e. The van der Waals surface area contributed by atoms with Crippen molar-refractivity contribution in [3.8, 4) is 0 Å². The summed E-state index contributed by atoms with van der Waals surface area (Å²) in [7, 11) is 0. The Labute approximate surface area is 162 Å². The van der Waals surface area contributed by atoms with Crippen LogP contribution in [0.15, 0.2) is 79.4 Å². The van der Waals surface area contributed by atoms with Crippen LogP contribution >= 0.6 is 0 Å². The second-order valence-electron chi connectivity index (χ2n) is 6.92. The topological polar surface area (TPSA) is 64.5 Å². The van der Waals surface area contributed by atoms with Gasteiger partial charge in [0.05, 0.1) is 6.04 Å². The lowest BCUT2D eigenvalue weighted by Gasteiger charge is -2.39. The number of morpholine rings is 1. The normalized spacial score (nSPS) is 27.2. The van der Waals surface area contributed by atoms with E-state index in [9.17, 15) is 4.79 Å². The van der Waals surface area contributed by atoms with Crippen LogP contribution in [0.4, 0.5) is 0 Å². The molecule has 2 fully saturated rings. The number of nitrogens with zero attached hydrogens (tertiary/aromatic N) is 3. The molecule has 0 amide bonds. The molecule has 1 aromatic carbocycles. The predicted octanol–water partition coefficient (Wildman–Crippen LogP) is 3.22. The fraction of sp³-hybridized carbons (Fsp3) is 0.227. The number of esters is 1. The number of hydrogen-bond acceptors (Lipinski definition) is 6. The number of rotatable bonds is 3. The van der Waals surface area contributed by atoms with Crippen molar-refractivity contribution in [2.45, 2.75) is 24.4 Å². The van der Waals surface area contributed by atoms with Crippen LogP contribution in [0, 0.1) is 0 Å². The van der Waals surface area contributed by atoms with E-state index in [1.165, 1.54) is 0 Å². The largest absolute Gasteiger partial charge is 0.462 e. The molecule has 5 rings (SSSR count). The average Bonchev–Trinajstić information content (AvgIpc) is 3.17. The quantitative estimate of drug-likeness (QED) is 0.657. The van der Waals surface area contributed by atoms with Gasteiger partial charge < -0.3 is 9.47 Å². The van der Waals surface area contributed by atoms with E-state index in [0.717, 1.165) is 16.7 Å². The molecule has 6 heteroatoms. The summed E-state index contributed by atoms with van der Waals surface area (Å²) < 4.78 is 12.1. The highest BCUT2D eigenvalue weighted by Gasteiger charge is 2.54. The first-order chi connectivity index (χ1) is 13.8. The van der Waals surface area contributed by atoms with Crippen LogP contribution in [0.5, 0.6) is 0 Å². The van der Waals surface area contributed by atoms with Gasteiger partial charge in [0, 0.05) is 24.8 Å². The number of benzene rings is 1. The lowest BCUT2D eigenvalue weighted by molar-refractivity contribution is -0.163. The molecule has 4 atom stereocenters. The Bertz CT molecular complexity index is 953. The summed E-state index contributed by atoms with van der Waals surface area (Å²) in [6.07, 6.45) is 6.11. The lowest BCUT2D eigenvalue weighted by Crippen LogP contribution is -2.49. The minimum absolute atomic E-state index is 0.0890. The highest BCUT2D eigenvalue weighted by atomic mass is 16.6. The van der Waals surface area contributed by atoms with Crippen molar-refractivity contribution in [1.29, 1.82) is 0 Å². The molecule has 0 radical (unpaired) electrons. The first-order valence-corrected chi connectivity index (χ1v) is 9.27. The van der Waals surface area contributed by atoms with Crippen molar-refractivity contribution in [2.75, 3.05) is 6.61 Å². The van der Waals surface area contributed by atoms with Crippen molar-refractivity contribution >= 4 is 5.97 Å². The summed E-state index contributed by atoms with van der Waals surface area (Å²) in [4.78, 5) is 23.2. The van der Waals surface area contributed by atoms with Gasteiger partial charge in [0.15, 0.2) is 0 Å². The maximum absolute atomic E-state index is 12.8. The molecule has 2 aliphatic heterocycles. The van der Waals surface area contributed by atoms with Crippen molar-refractivity contribution in [2.24, 2.45) is 0 Å². The van der Waals surface area contributed by atoms with E-state index in [4.69, 9.17) is 9.47 Å². The highest BCUT2D eigenvalue weighted by Crippen LogP contribution is 2.49. The molecule has 6 nitrogen and oxygen atoms in total. The summed E-state index contributed by atoms with van der Waals surface area (Å²) in [5.74, 6) is -0.259. The summed E-state index contributed by atoms with van der Waals surface area (Å²) in [6.45, 7) is 0.299. The molecule has 0 bridgehead atoms. The molecule has 0 saturated carbocycles. The second kappa shape index (κ2) is 7.14. The van der Waals surface area contributed by atoms with Crippen molar-refractivity contribution < 1.29 is 14.3 Å². The van der Waals surface area contributed by atoms with E-state index in [0.29, 0.717) is 6.61 Å². The summed E-state index contributed by atoms with van der Waals surface area (Å²) in [6, 6.07) is 17.1. The number of carbonyl (C=O) groups excluding carboxylic acids is 1. The Morgan fingerprint density at radius 3 is 2.14 bits per heavy atom. The van der Waals surface area contributed by atoms with Gasteiger partial charge in [-0.2, -0.15) is 0 Å². The molecule has 0 N–H and O–H groups in total. The summed E-state index contributed by atoms with van der Waals surface area (Å²) in [5, 5.41) is 0. The minimum Gasteiger partial charge on any atom is -0.462 e. The van der Waals surface area contributed by atoms with Gasteiger partial charge in [0.2, 0.25) is 0 Å². The van der Waals surface area contributed by atoms with E-state index in [1.54, 1.807) is 24.8 Å². The van der Waals surface area contributed by atoms with Gasteiger partial charge in [0.1, 0.15) is 25.0 Å². The Morgan fingerprint density at radius 1 is 0.821 bits per heavy atom. The molecular weight excluding hydrogens is 354 g/mol. The standard InChI is InChI=1S/C22H19N3O3/c26-22-19-20(16-6-10-23-11-7-16)28-21(17-8-12-24-13-9-17)25(19)18(14-27-22)15-4-2-1-3-5-15/h1-13,18-21H,14H2. The summed E-state index contributed by atoms with van der Waals surface area (Å²) >= 11 is 0. The number of pyridine rings is 2. The van der Waals surface area contributed by atoms with Crippen molar-refractivity contribution in [3.05, 3.63) is 96.1 Å². The molecule has 2 aromatic heterocycles. The predicted molar refractivity (Wildman–Crippen MR) is 101 cm³/mol. The average molecular weight is 373 g/mol. The summed E-state index contributed by atoms with van der Waals surface area (Å²) in [5.41, 5.74) is 2.97. The molecule has 0 spiro atoms. The zero-order chi connectivity index (χ0) is 18.9. The first-order valence-electron chi connectivity index (χ1n) is 9.27. The Hall–Kier alpha value is -3.09. The molecule has 0 aliphatic carbocycles. The first kappa shape index (κ1) is 17.0. The SMILES string of the molecule is O=C1OCC(c2ccccc2)N2C(c3ccncc3)OC(c3ccncc3)C12. The van der Waals surface area contributed by atoms with Crippen LogP contribution < -0.4 is 0 Å². The molecular formula is C22H19N3O3. The van der Waals surface area contributed by atoms with Crippen LogP contribution in [-0.2, 0) is 14.3 Å². The van der Waals surface area contributed by atoms with Crippen LogP contribution in [0.1, 0.15) is 35.1 Å². The van der Waals surface area contributed by atoms with Gasteiger partial charge >= 0.3 is 5.97 Å². The maximum atomic E-state index is 12.8. The fourth-order valence-electron chi connectivity index (χ4n) is 4.06. The number of aromatic nitrogens is 2. The van der Waals surface area contributed by atoms with Gasteiger partial charge in [-0.1, -0.05) is 30.3 Å². The van der Waals surface area contributed by atoms with Gasteiger partial charge in [-0.15, -0.1) is 0 Å². The number of fused-ring (bicyclic) bond motifs is 1. The third-order valence-corrected chi connectivity index (χ3v) is 5.35. The number of carbonyl (C=O) groups is 1. The van der Waals surface area contributed by atoms with Crippen LogP contribution in [0.25, 0.3) is 0 Å². The lowest BCUT2D eigenvalue weighted by atomic mass is 9.97. The molecule has 3 aromatic rings. The van der Waals surface area contributed by atoms with Gasteiger partial charge in [0.25, 0.3) is 0 Å². The number of ether oxygens (including phenoxy) is 2. The monoisotopic (exact) mass is 373 g/mol. The molecule has 28 heavy (non-hydrogen) atoms. The minimum atomic E-state index is -0.528. The Balaban J connectivity index is 1.61. The van der Waals surface area contributed by atoms with Gasteiger partial charge in [-0.05, 0) is 41.0 Å². The van der Waals surface area contributed by atoms with Gasteiger partial charge in [-0.3, -0.25) is 14.8 Å². The van der Waals surface area contributed by atoms with Crippen molar-refractivity contribution in [1.82, 2.24) is 14.9 Å². The van der Waals surface area contributed by atoms with E-state index in [1.807, 2.05) is 42.5 Å². The van der Waals surface area contributed by atoms with E-state index >= 15 is 0 Å². The number of cyclic esters (lactones) is 1. The Kier molecular flexibility index (Phi) is 4.35. The second-order valence-corrected chi connectivity index (χ2v) is 6.92. The van der Waals surface area contributed by atoms with E-state index in [2.05, 4.69) is 27.0 Å². The third kappa shape index (κ3) is 2.87. The van der Waals surface area contributed by atoms with Crippen LogP contribution in [-0.4, -0.2) is 33.5 Å². The van der Waals surface area contributed by atoms with Gasteiger partial charge in [-0.25, -0.2) is 4.90 Å². The molecule has 4 heterocycles.